The lowest BCUT2D eigenvalue weighted by Gasteiger charge is -2.18. The maximum absolute atomic E-state index is 12.5. The second-order valence-corrected chi connectivity index (χ2v) is 10.4. The maximum atomic E-state index is 12.5. The summed E-state index contributed by atoms with van der Waals surface area (Å²) in [5.41, 5.74) is 5.94. The van der Waals surface area contributed by atoms with E-state index in [4.69, 9.17) is 4.74 Å². The van der Waals surface area contributed by atoms with Crippen molar-refractivity contribution in [3.63, 3.8) is 0 Å². The number of benzene rings is 4. The maximum Gasteiger partial charge on any atom is 0.343 e. The zero-order chi connectivity index (χ0) is 25.7. The van der Waals surface area contributed by atoms with E-state index in [1.165, 1.54) is 0 Å². The van der Waals surface area contributed by atoms with Gasteiger partial charge in [-0.2, -0.15) is 5.10 Å². The van der Waals surface area contributed by atoms with Crippen LogP contribution in [0.5, 0.6) is 5.75 Å². The summed E-state index contributed by atoms with van der Waals surface area (Å²) in [7, 11) is 0. The average Bonchev–Trinajstić information content (AvgIpc) is 2.86. The van der Waals surface area contributed by atoms with Gasteiger partial charge >= 0.3 is 5.97 Å². The largest absolute Gasteiger partial charge is 0.423 e. The molecule has 36 heavy (non-hydrogen) atoms. The summed E-state index contributed by atoms with van der Waals surface area (Å²) >= 11 is 3.55. The summed E-state index contributed by atoms with van der Waals surface area (Å²) in [6.45, 7) is 6.38. The lowest BCUT2D eigenvalue weighted by atomic mass is 9.87. The van der Waals surface area contributed by atoms with Crippen molar-refractivity contribution in [1.29, 1.82) is 0 Å². The van der Waals surface area contributed by atoms with Crippen molar-refractivity contribution in [2.45, 2.75) is 32.6 Å². The first-order valence-corrected chi connectivity index (χ1v) is 12.4. The number of nitrogens with zero attached hydrogens (tertiary/aromatic N) is 1. The van der Waals surface area contributed by atoms with Crippen LogP contribution in [0.4, 0.5) is 0 Å². The fourth-order valence-electron chi connectivity index (χ4n) is 3.76. The fraction of sp³-hybridized carbons (Fsp3) is 0.167. The van der Waals surface area contributed by atoms with Gasteiger partial charge in [-0.15, -0.1) is 0 Å². The number of hydrogen-bond acceptors (Lipinski definition) is 4. The summed E-state index contributed by atoms with van der Waals surface area (Å²) in [6.07, 6.45) is 1.77. The highest BCUT2D eigenvalue weighted by Gasteiger charge is 2.15. The van der Waals surface area contributed by atoms with Gasteiger partial charge in [0.2, 0.25) is 5.91 Å². The fourth-order valence-corrected chi connectivity index (χ4v) is 4.24. The lowest BCUT2D eigenvalue weighted by molar-refractivity contribution is -0.120. The van der Waals surface area contributed by atoms with Crippen LogP contribution in [-0.4, -0.2) is 18.1 Å². The zero-order valence-corrected chi connectivity index (χ0v) is 22.0. The van der Waals surface area contributed by atoms with E-state index < -0.39 is 5.97 Å². The highest BCUT2D eigenvalue weighted by atomic mass is 79.9. The number of esters is 1. The Balaban J connectivity index is 1.32. The van der Waals surface area contributed by atoms with Gasteiger partial charge in [-0.25, -0.2) is 10.2 Å². The quantitative estimate of drug-likeness (QED) is 0.126. The summed E-state index contributed by atoms with van der Waals surface area (Å²) in [5.74, 6) is -0.186. The number of amides is 1. The minimum absolute atomic E-state index is 0.0205. The van der Waals surface area contributed by atoms with Gasteiger partial charge in [-0.3, -0.25) is 4.79 Å². The molecule has 1 N–H and O–H groups in total. The van der Waals surface area contributed by atoms with Crippen molar-refractivity contribution in [1.82, 2.24) is 5.43 Å². The number of halogens is 1. The van der Waals surface area contributed by atoms with Crippen molar-refractivity contribution < 1.29 is 14.3 Å². The van der Waals surface area contributed by atoms with Crippen LogP contribution in [0.25, 0.3) is 10.8 Å². The van der Waals surface area contributed by atoms with Gasteiger partial charge < -0.3 is 4.74 Å². The Kier molecular flexibility index (Phi) is 7.65. The molecule has 6 heteroatoms. The normalized spacial score (nSPS) is 11.6. The molecule has 0 aliphatic rings. The molecule has 0 saturated carbocycles. The summed E-state index contributed by atoms with van der Waals surface area (Å²) in [5, 5.41) is 6.15. The number of carbonyl (C=O) groups is 2. The van der Waals surface area contributed by atoms with Crippen LogP contribution in [0.1, 0.15) is 47.8 Å². The molecule has 0 saturated heterocycles. The minimum atomic E-state index is -0.412. The Bertz CT molecular complexity index is 1420. The predicted molar refractivity (Wildman–Crippen MR) is 148 cm³/mol. The summed E-state index contributed by atoms with van der Waals surface area (Å²) in [6, 6.07) is 26.2. The first-order valence-electron chi connectivity index (χ1n) is 11.6. The van der Waals surface area contributed by atoms with Gasteiger partial charge in [0.05, 0.1) is 18.2 Å². The molecule has 0 aliphatic heterocycles. The second kappa shape index (κ2) is 10.9. The van der Waals surface area contributed by atoms with E-state index in [-0.39, 0.29) is 17.7 Å². The van der Waals surface area contributed by atoms with Crippen molar-refractivity contribution in [2.75, 3.05) is 0 Å². The molecule has 0 unspecified atom stereocenters. The molecule has 182 valence electrons. The molecule has 0 fully saturated rings. The van der Waals surface area contributed by atoms with Crippen molar-refractivity contribution in [3.8, 4) is 5.75 Å². The standard InChI is InChI=1S/C30H27BrN2O3/c1-30(2,3)23-13-10-21(11-14-23)29(35)36-24-15-8-20(9-16-24)19-32-33-28(34)18-22-12-17-27(31)26-7-5-4-6-25(22)26/h4-17,19H,18H2,1-3H3,(H,33,34)/b32-19-. The monoisotopic (exact) mass is 542 g/mol. The van der Waals surface area contributed by atoms with Crippen LogP contribution in [0.15, 0.2) is 94.5 Å². The number of nitrogens with one attached hydrogen (secondary N) is 1. The molecule has 4 rings (SSSR count). The zero-order valence-electron chi connectivity index (χ0n) is 20.4. The van der Waals surface area contributed by atoms with Gasteiger partial charge in [-0.05, 0) is 75.3 Å². The summed E-state index contributed by atoms with van der Waals surface area (Å²) in [4.78, 5) is 24.9. The number of rotatable bonds is 6. The van der Waals surface area contributed by atoms with Gasteiger partial charge in [0, 0.05) is 4.47 Å². The van der Waals surface area contributed by atoms with Crippen LogP contribution >= 0.6 is 15.9 Å². The molecule has 0 spiro atoms. The van der Waals surface area contributed by atoms with Gasteiger partial charge in [0.25, 0.3) is 0 Å². The molecule has 0 aliphatic carbocycles. The van der Waals surface area contributed by atoms with E-state index in [0.717, 1.165) is 31.9 Å². The highest BCUT2D eigenvalue weighted by Crippen LogP contribution is 2.27. The molecule has 0 bridgehead atoms. The van der Waals surface area contributed by atoms with Crippen LogP contribution in [-0.2, 0) is 16.6 Å². The Labute approximate surface area is 219 Å². The van der Waals surface area contributed by atoms with Crippen LogP contribution in [0.2, 0.25) is 0 Å². The Morgan fingerprint density at radius 1 is 0.889 bits per heavy atom. The Morgan fingerprint density at radius 3 is 2.22 bits per heavy atom. The van der Waals surface area contributed by atoms with Crippen molar-refractivity contribution >= 4 is 44.8 Å². The molecule has 0 aromatic heterocycles. The smallest absolute Gasteiger partial charge is 0.343 e. The summed E-state index contributed by atoms with van der Waals surface area (Å²) < 4.78 is 6.47. The molecular weight excluding hydrogens is 516 g/mol. The SMILES string of the molecule is CC(C)(C)c1ccc(C(=O)Oc2ccc(/C=N\NC(=O)Cc3ccc(Br)c4ccccc34)cc2)cc1. The second-order valence-electron chi connectivity index (χ2n) is 9.51. The van der Waals surface area contributed by atoms with Crippen molar-refractivity contribution in [2.24, 2.45) is 5.10 Å². The van der Waals surface area contributed by atoms with Crippen LogP contribution < -0.4 is 10.2 Å². The third-order valence-corrected chi connectivity index (χ3v) is 6.48. The van der Waals surface area contributed by atoms with E-state index in [9.17, 15) is 9.59 Å². The van der Waals surface area contributed by atoms with E-state index in [0.29, 0.717) is 11.3 Å². The van der Waals surface area contributed by atoms with E-state index in [2.05, 4.69) is 47.2 Å². The van der Waals surface area contributed by atoms with Gasteiger partial charge in [0.1, 0.15) is 5.75 Å². The molecule has 5 nitrogen and oxygen atoms in total. The topological polar surface area (TPSA) is 67.8 Å². The number of hydrogen-bond donors (Lipinski definition) is 1. The lowest BCUT2D eigenvalue weighted by Crippen LogP contribution is -2.19. The number of carbonyl (C=O) groups excluding carboxylic acids is 2. The third kappa shape index (κ3) is 6.26. The molecule has 4 aromatic carbocycles. The van der Waals surface area contributed by atoms with Gasteiger partial charge in [-0.1, -0.05) is 79.2 Å². The van der Waals surface area contributed by atoms with E-state index >= 15 is 0 Å². The predicted octanol–water partition coefficient (Wildman–Crippen LogP) is 6.81. The molecule has 0 atom stereocenters. The molecular formula is C30H27BrN2O3. The Morgan fingerprint density at radius 2 is 1.56 bits per heavy atom. The van der Waals surface area contributed by atoms with Crippen molar-refractivity contribution in [3.05, 3.63) is 112 Å². The molecule has 0 heterocycles. The Hall–Kier alpha value is -3.77. The minimum Gasteiger partial charge on any atom is -0.423 e. The molecule has 1 amide bonds. The number of ether oxygens (including phenoxy) is 1. The van der Waals surface area contributed by atoms with Crippen LogP contribution in [0.3, 0.4) is 0 Å². The first kappa shape index (κ1) is 25.3. The van der Waals surface area contributed by atoms with E-state index in [1.54, 1.807) is 42.6 Å². The van der Waals surface area contributed by atoms with Gasteiger partial charge in [0.15, 0.2) is 0 Å². The average molecular weight is 543 g/mol. The number of fused-ring (bicyclic) bond motifs is 1. The highest BCUT2D eigenvalue weighted by molar-refractivity contribution is 9.10. The van der Waals surface area contributed by atoms with Crippen LogP contribution in [0, 0.1) is 0 Å². The van der Waals surface area contributed by atoms with E-state index in [1.807, 2.05) is 48.5 Å². The third-order valence-electron chi connectivity index (χ3n) is 5.79. The molecule has 0 radical (unpaired) electrons. The number of hydrazone groups is 1. The first-order chi connectivity index (χ1) is 17.2. The molecule has 4 aromatic rings.